The molecule has 3 aliphatic rings. The van der Waals surface area contributed by atoms with E-state index >= 15 is 0 Å². The maximum atomic E-state index is 12.7. The second-order valence-electron chi connectivity index (χ2n) is 7.41. The van der Waals surface area contributed by atoms with E-state index in [1.165, 1.54) is 31.5 Å². The van der Waals surface area contributed by atoms with Crippen LogP contribution in [0.5, 0.6) is 0 Å². The number of piperidine rings is 3. The molecule has 4 nitrogen and oxygen atoms in total. The second-order valence-corrected chi connectivity index (χ2v) is 8.50. The molecule has 3 saturated heterocycles. The van der Waals surface area contributed by atoms with Crippen molar-refractivity contribution in [2.75, 3.05) is 13.1 Å². The summed E-state index contributed by atoms with van der Waals surface area (Å²) in [5, 5.41) is 4.27. The van der Waals surface area contributed by atoms with Gasteiger partial charge in [0.05, 0.1) is 0 Å². The molecule has 5 heteroatoms. The smallest absolute Gasteiger partial charge is 0.251 e. The van der Waals surface area contributed by atoms with Crippen LogP contribution in [0.25, 0.3) is 0 Å². The van der Waals surface area contributed by atoms with Crippen LogP contribution in [0.1, 0.15) is 35.7 Å². The van der Waals surface area contributed by atoms with E-state index in [0.29, 0.717) is 12.0 Å². The van der Waals surface area contributed by atoms with Gasteiger partial charge in [0.1, 0.15) is 5.03 Å². The molecule has 3 aliphatic heterocycles. The van der Waals surface area contributed by atoms with Crippen LogP contribution in [-0.2, 0) is 0 Å². The molecule has 3 fully saturated rings. The summed E-state index contributed by atoms with van der Waals surface area (Å²) >= 11 is 1.62. The molecule has 1 aromatic carbocycles. The first-order valence-corrected chi connectivity index (χ1v) is 10.2. The van der Waals surface area contributed by atoms with Crippen LogP contribution in [0.3, 0.4) is 0 Å². The van der Waals surface area contributed by atoms with Gasteiger partial charge in [0.2, 0.25) is 0 Å². The molecule has 2 aromatic rings. The van der Waals surface area contributed by atoms with Gasteiger partial charge in [-0.25, -0.2) is 4.98 Å². The molecule has 2 atom stereocenters. The number of fused-ring (bicyclic) bond motifs is 3. The fraction of sp³-hybridized carbons (Fsp3) is 0.429. The first-order valence-electron chi connectivity index (χ1n) is 9.35. The molecule has 2 bridgehead atoms. The minimum absolute atomic E-state index is 0.0424. The van der Waals surface area contributed by atoms with E-state index in [9.17, 15) is 4.79 Å². The molecule has 0 aliphatic carbocycles. The Hall–Kier alpha value is -1.85. The third kappa shape index (κ3) is 3.64. The third-order valence-corrected chi connectivity index (χ3v) is 6.65. The average Bonchev–Trinajstić information content (AvgIpc) is 2.65. The SMILES string of the molecule is Cc1ccnc(Sc2ccc(C(=O)N[C@@H]3C4CCN(CC4)[C@H]3C)cc2)c1. The van der Waals surface area contributed by atoms with Gasteiger partial charge in [-0.05, 0) is 87.7 Å². The van der Waals surface area contributed by atoms with Gasteiger partial charge >= 0.3 is 0 Å². The Morgan fingerprint density at radius 2 is 1.92 bits per heavy atom. The number of carbonyl (C=O) groups is 1. The molecule has 136 valence electrons. The van der Waals surface area contributed by atoms with Crippen molar-refractivity contribution >= 4 is 17.7 Å². The lowest BCUT2D eigenvalue weighted by Crippen LogP contribution is -2.62. The monoisotopic (exact) mass is 367 g/mol. The summed E-state index contributed by atoms with van der Waals surface area (Å²) in [7, 11) is 0. The van der Waals surface area contributed by atoms with E-state index in [1.54, 1.807) is 11.8 Å². The van der Waals surface area contributed by atoms with Crippen LogP contribution in [-0.4, -0.2) is 41.0 Å². The lowest BCUT2D eigenvalue weighted by atomic mass is 9.79. The van der Waals surface area contributed by atoms with Crippen LogP contribution < -0.4 is 5.32 Å². The van der Waals surface area contributed by atoms with Crippen LogP contribution in [0.15, 0.2) is 52.5 Å². The van der Waals surface area contributed by atoms with Crippen LogP contribution in [0.4, 0.5) is 0 Å². The number of nitrogens with one attached hydrogen (secondary N) is 1. The zero-order valence-electron chi connectivity index (χ0n) is 15.3. The molecule has 4 heterocycles. The molecular weight excluding hydrogens is 342 g/mol. The normalized spacial score (nSPS) is 27.3. The molecule has 0 radical (unpaired) electrons. The van der Waals surface area contributed by atoms with Crippen molar-refractivity contribution < 1.29 is 4.79 Å². The highest BCUT2D eigenvalue weighted by Crippen LogP contribution is 2.32. The number of aromatic nitrogens is 1. The summed E-state index contributed by atoms with van der Waals surface area (Å²) in [4.78, 5) is 20.7. The van der Waals surface area contributed by atoms with Crippen molar-refractivity contribution in [1.82, 2.24) is 15.2 Å². The van der Waals surface area contributed by atoms with Crippen molar-refractivity contribution in [2.45, 2.75) is 48.7 Å². The molecule has 0 spiro atoms. The average molecular weight is 368 g/mol. The van der Waals surface area contributed by atoms with Crippen LogP contribution >= 0.6 is 11.8 Å². The number of hydrogen-bond acceptors (Lipinski definition) is 4. The zero-order chi connectivity index (χ0) is 18.1. The number of benzene rings is 1. The Bertz CT molecular complexity index is 782. The van der Waals surface area contributed by atoms with Gasteiger partial charge in [0.25, 0.3) is 5.91 Å². The standard InChI is InChI=1S/C21H25N3OS/c1-14-7-10-22-19(13-14)26-18-5-3-17(4-6-18)21(25)23-20-15(2)24-11-8-16(20)9-12-24/h3-7,10,13,15-16,20H,8-9,11-12H2,1-2H3,(H,23,25)/t15-,20-/m0/s1. The van der Waals surface area contributed by atoms with Crippen LogP contribution in [0, 0.1) is 12.8 Å². The minimum Gasteiger partial charge on any atom is -0.347 e. The molecular formula is C21H25N3OS. The van der Waals surface area contributed by atoms with Gasteiger partial charge in [-0.1, -0.05) is 11.8 Å². The van der Waals surface area contributed by atoms with E-state index in [0.717, 1.165) is 15.5 Å². The number of hydrogen-bond donors (Lipinski definition) is 1. The molecule has 0 unspecified atom stereocenters. The maximum Gasteiger partial charge on any atom is 0.251 e. The number of nitrogens with zero attached hydrogens (tertiary/aromatic N) is 2. The highest BCUT2D eigenvalue weighted by atomic mass is 32.2. The van der Waals surface area contributed by atoms with Gasteiger partial charge in [-0.2, -0.15) is 0 Å². The fourth-order valence-corrected chi connectivity index (χ4v) is 5.01. The van der Waals surface area contributed by atoms with E-state index in [1.807, 2.05) is 36.5 Å². The van der Waals surface area contributed by atoms with Gasteiger partial charge < -0.3 is 5.32 Å². The quantitative estimate of drug-likeness (QED) is 0.894. The van der Waals surface area contributed by atoms with Crippen LogP contribution in [0.2, 0.25) is 0 Å². The van der Waals surface area contributed by atoms with Crippen molar-refractivity contribution in [3.63, 3.8) is 0 Å². The number of amides is 1. The predicted octanol–water partition coefficient (Wildman–Crippen LogP) is 3.75. The largest absolute Gasteiger partial charge is 0.347 e. The summed E-state index contributed by atoms with van der Waals surface area (Å²) in [6, 6.07) is 12.6. The Labute approximate surface area is 159 Å². The Morgan fingerprint density at radius 1 is 1.19 bits per heavy atom. The lowest BCUT2D eigenvalue weighted by molar-refractivity contribution is 0.0217. The van der Waals surface area contributed by atoms with E-state index in [2.05, 4.69) is 35.1 Å². The van der Waals surface area contributed by atoms with Gasteiger partial charge in [-0.3, -0.25) is 9.69 Å². The Morgan fingerprint density at radius 3 is 2.58 bits per heavy atom. The molecule has 0 saturated carbocycles. The number of carbonyl (C=O) groups excluding carboxylic acids is 1. The van der Waals surface area contributed by atoms with E-state index in [4.69, 9.17) is 0 Å². The first kappa shape index (κ1) is 17.6. The van der Waals surface area contributed by atoms with Crippen molar-refractivity contribution in [3.05, 3.63) is 53.7 Å². The van der Waals surface area contributed by atoms with E-state index < -0.39 is 0 Å². The summed E-state index contributed by atoms with van der Waals surface area (Å²) in [5.74, 6) is 0.669. The van der Waals surface area contributed by atoms with Gasteiger partial charge in [-0.15, -0.1) is 0 Å². The maximum absolute atomic E-state index is 12.7. The number of pyridine rings is 1. The van der Waals surface area contributed by atoms with Gasteiger partial charge in [0, 0.05) is 28.7 Å². The molecule has 5 rings (SSSR count). The third-order valence-electron chi connectivity index (χ3n) is 5.70. The second kappa shape index (κ2) is 7.41. The number of aryl methyl sites for hydroxylation is 1. The summed E-state index contributed by atoms with van der Waals surface area (Å²) in [5.41, 5.74) is 1.93. The molecule has 1 N–H and O–H groups in total. The fourth-order valence-electron chi connectivity index (χ4n) is 4.14. The van der Waals surface area contributed by atoms with E-state index in [-0.39, 0.29) is 11.9 Å². The zero-order valence-corrected chi connectivity index (χ0v) is 16.1. The minimum atomic E-state index is 0.0424. The summed E-state index contributed by atoms with van der Waals surface area (Å²) < 4.78 is 0. The number of rotatable bonds is 4. The predicted molar refractivity (Wildman–Crippen MR) is 105 cm³/mol. The Balaban J connectivity index is 1.41. The van der Waals surface area contributed by atoms with Gasteiger partial charge in [0.15, 0.2) is 0 Å². The Kier molecular flexibility index (Phi) is 5.00. The highest BCUT2D eigenvalue weighted by Gasteiger charge is 2.40. The van der Waals surface area contributed by atoms with Crippen molar-refractivity contribution in [1.29, 1.82) is 0 Å². The van der Waals surface area contributed by atoms with Crippen molar-refractivity contribution in [3.8, 4) is 0 Å². The summed E-state index contributed by atoms with van der Waals surface area (Å²) in [6.45, 7) is 6.66. The van der Waals surface area contributed by atoms with Crippen molar-refractivity contribution in [2.24, 2.45) is 5.92 Å². The topological polar surface area (TPSA) is 45.2 Å². The molecule has 1 aromatic heterocycles. The lowest BCUT2D eigenvalue weighted by Gasteiger charge is -2.49. The molecule has 1 amide bonds. The first-order chi connectivity index (χ1) is 12.6. The molecule has 26 heavy (non-hydrogen) atoms. The highest BCUT2D eigenvalue weighted by molar-refractivity contribution is 7.99. The summed E-state index contributed by atoms with van der Waals surface area (Å²) in [6.07, 6.45) is 4.23.